The van der Waals surface area contributed by atoms with Crippen LogP contribution in [0, 0.1) is 0 Å². The van der Waals surface area contributed by atoms with Gasteiger partial charge in [-0.25, -0.2) is 19.7 Å². The van der Waals surface area contributed by atoms with Gasteiger partial charge in [-0.3, -0.25) is 0 Å². The Morgan fingerprint density at radius 2 is 2.32 bits per heavy atom. The Morgan fingerprint density at radius 3 is 3.05 bits per heavy atom. The summed E-state index contributed by atoms with van der Waals surface area (Å²) < 4.78 is 1.15. The minimum absolute atomic E-state index is 0.204. The standard InChI is InChI=1S/C11H14ClN5O2/c1-2-3-4-7(13)11(18)19-17-6-16-8-9(12)14-5-15-10(8)17/h5-7H,2-4,13H2,1H3. The summed E-state index contributed by atoms with van der Waals surface area (Å²) in [5, 5.41) is 0.204. The number of unbranched alkanes of at least 4 members (excludes halogenated alkanes) is 1. The number of rotatable bonds is 5. The van der Waals surface area contributed by atoms with Gasteiger partial charge in [-0.2, -0.15) is 0 Å². The first kappa shape index (κ1) is 13.7. The van der Waals surface area contributed by atoms with E-state index in [0.717, 1.165) is 17.6 Å². The molecule has 0 fully saturated rings. The maximum atomic E-state index is 11.8. The van der Waals surface area contributed by atoms with Crippen LogP contribution >= 0.6 is 11.6 Å². The van der Waals surface area contributed by atoms with E-state index in [4.69, 9.17) is 22.2 Å². The first-order chi connectivity index (χ1) is 9.13. The fourth-order valence-electron chi connectivity index (χ4n) is 1.56. The van der Waals surface area contributed by atoms with E-state index < -0.39 is 12.0 Å². The molecule has 2 rings (SSSR count). The molecular weight excluding hydrogens is 270 g/mol. The lowest BCUT2D eigenvalue weighted by molar-refractivity contribution is -0.145. The van der Waals surface area contributed by atoms with Gasteiger partial charge in [0.25, 0.3) is 0 Å². The van der Waals surface area contributed by atoms with Crippen LogP contribution in [-0.2, 0) is 4.79 Å². The Hall–Kier alpha value is -1.73. The smallest absolute Gasteiger partial charge is 0.332 e. The second-order valence-electron chi connectivity index (χ2n) is 4.07. The lowest BCUT2D eigenvalue weighted by Crippen LogP contribution is -2.37. The van der Waals surface area contributed by atoms with Crippen LogP contribution in [-0.4, -0.2) is 31.7 Å². The van der Waals surface area contributed by atoms with Gasteiger partial charge in [-0.15, -0.1) is 4.73 Å². The molecule has 0 bridgehead atoms. The van der Waals surface area contributed by atoms with Gasteiger partial charge in [0.15, 0.2) is 5.15 Å². The number of hydrogen-bond acceptors (Lipinski definition) is 6. The highest BCUT2D eigenvalue weighted by atomic mass is 35.5. The summed E-state index contributed by atoms with van der Waals surface area (Å²) in [6.07, 6.45) is 5.01. The lowest BCUT2D eigenvalue weighted by atomic mass is 10.1. The van der Waals surface area contributed by atoms with E-state index in [-0.39, 0.29) is 5.15 Å². The van der Waals surface area contributed by atoms with Crippen molar-refractivity contribution in [1.82, 2.24) is 19.7 Å². The van der Waals surface area contributed by atoms with Crippen molar-refractivity contribution in [2.24, 2.45) is 5.73 Å². The van der Waals surface area contributed by atoms with E-state index in [1.54, 1.807) is 0 Å². The Labute approximate surface area is 114 Å². The topological polar surface area (TPSA) is 95.9 Å². The van der Waals surface area contributed by atoms with E-state index in [0.29, 0.717) is 17.6 Å². The average molecular weight is 284 g/mol. The number of aromatic nitrogens is 4. The van der Waals surface area contributed by atoms with E-state index in [9.17, 15) is 4.79 Å². The predicted molar refractivity (Wildman–Crippen MR) is 69.4 cm³/mol. The molecule has 2 N–H and O–H groups in total. The zero-order valence-electron chi connectivity index (χ0n) is 10.4. The summed E-state index contributed by atoms with van der Waals surface area (Å²) in [6, 6.07) is -0.658. The normalized spacial score (nSPS) is 12.6. The number of halogens is 1. The molecule has 0 amide bonds. The van der Waals surface area contributed by atoms with Gasteiger partial charge in [-0.05, 0) is 6.42 Å². The molecule has 0 aliphatic rings. The van der Waals surface area contributed by atoms with Crippen LogP contribution in [0.4, 0.5) is 0 Å². The van der Waals surface area contributed by atoms with Crippen LogP contribution in [0.3, 0.4) is 0 Å². The Kier molecular flexibility index (Phi) is 4.28. The summed E-state index contributed by atoms with van der Waals surface area (Å²) in [5.74, 6) is -0.525. The van der Waals surface area contributed by atoms with Gasteiger partial charge in [-0.1, -0.05) is 31.4 Å². The van der Waals surface area contributed by atoms with Crippen LogP contribution in [0.5, 0.6) is 0 Å². The molecule has 0 saturated carbocycles. The van der Waals surface area contributed by atoms with Crippen molar-refractivity contribution >= 4 is 28.7 Å². The van der Waals surface area contributed by atoms with Crippen molar-refractivity contribution in [3.63, 3.8) is 0 Å². The number of hydrogen-bond donors (Lipinski definition) is 1. The number of carbonyl (C=O) groups excluding carboxylic acids is 1. The lowest BCUT2D eigenvalue weighted by Gasteiger charge is -2.10. The fourth-order valence-corrected chi connectivity index (χ4v) is 1.74. The predicted octanol–water partition coefficient (Wildman–Crippen LogP) is 0.952. The first-order valence-electron chi connectivity index (χ1n) is 5.94. The molecule has 8 heteroatoms. The Morgan fingerprint density at radius 1 is 1.53 bits per heavy atom. The zero-order chi connectivity index (χ0) is 13.8. The quantitative estimate of drug-likeness (QED) is 0.821. The second kappa shape index (κ2) is 5.94. The van der Waals surface area contributed by atoms with Gasteiger partial charge in [0.05, 0.1) is 0 Å². The third-order valence-electron chi connectivity index (χ3n) is 2.62. The molecule has 0 aromatic carbocycles. The molecule has 0 aliphatic carbocycles. The monoisotopic (exact) mass is 283 g/mol. The third kappa shape index (κ3) is 2.99. The first-order valence-corrected chi connectivity index (χ1v) is 6.32. The molecule has 2 aromatic heterocycles. The zero-order valence-corrected chi connectivity index (χ0v) is 11.2. The maximum Gasteiger partial charge on any atom is 0.349 e. The van der Waals surface area contributed by atoms with Crippen LogP contribution in [0.25, 0.3) is 11.2 Å². The summed E-state index contributed by atoms with van der Waals surface area (Å²) >= 11 is 5.85. The summed E-state index contributed by atoms with van der Waals surface area (Å²) in [6.45, 7) is 2.03. The van der Waals surface area contributed by atoms with Crippen LogP contribution in [0.15, 0.2) is 12.7 Å². The van der Waals surface area contributed by atoms with Crippen molar-refractivity contribution < 1.29 is 9.63 Å². The molecule has 0 aliphatic heterocycles. The van der Waals surface area contributed by atoms with Crippen LogP contribution in [0.2, 0.25) is 5.15 Å². The minimum atomic E-state index is -0.658. The van der Waals surface area contributed by atoms with E-state index in [2.05, 4.69) is 15.0 Å². The van der Waals surface area contributed by atoms with Crippen LogP contribution in [0.1, 0.15) is 26.2 Å². The van der Waals surface area contributed by atoms with E-state index in [1.165, 1.54) is 12.7 Å². The highest BCUT2D eigenvalue weighted by Gasteiger charge is 2.18. The van der Waals surface area contributed by atoms with Crippen molar-refractivity contribution in [1.29, 1.82) is 0 Å². The molecule has 1 atom stereocenters. The van der Waals surface area contributed by atoms with Gasteiger partial charge in [0, 0.05) is 0 Å². The van der Waals surface area contributed by atoms with E-state index in [1.807, 2.05) is 6.92 Å². The summed E-state index contributed by atoms with van der Waals surface area (Å²) in [4.78, 5) is 28.6. The number of nitrogens with two attached hydrogens (primary N) is 1. The fraction of sp³-hybridized carbons (Fsp3) is 0.455. The highest BCUT2D eigenvalue weighted by Crippen LogP contribution is 2.16. The molecule has 2 heterocycles. The van der Waals surface area contributed by atoms with Crippen LogP contribution < -0.4 is 10.6 Å². The largest absolute Gasteiger partial charge is 0.349 e. The van der Waals surface area contributed by atoms with Gasteiger partial charge < -0.3 is 10.6 Å². The molecule has 0 spiro atoms. The summed E-state index contributed by atoms with van der Waals surface area (Å²) in [7, 11) is 0. The Bertz CT molecular complexity index is 585. The SMILES string of the molecule is CCCCC(N)C(=O)On1cnc2c(Cl)ncnc21. The number of fused-ring (bicyclic) bond motifs is 1. The minimum Gasteiger partial charge on any atom is -0.332 e. The van der Waals surface area contributed by atoms with Crippen molar-refractivity contribution in [3.8, 4) is 0 Å². The number of imidazole rings is 1. The number of nitrogens with zero attached hydrogens (tertiary/aromatic N) is 4. The molecule has 1 unspecified atom stereocenters. The Balaban J connectivity index is 2.13. The molecule has 7 nitrogen and oxygen atoms in total. The molecule has 0 saturated heterocycles. The van der Waals surface area contributed by atoms with Gasteiger partial charge in [0.1, 0.15) is 24.2 Å². The molecule has 2 aromatic rings. The van der Waals surface area contributed by atoms with E-state index >= 15 is 0 Å². The maximum absolute atomic E-state index is 11.8. The molecule has 19 heavy (non-hydrogen) atoms. The van der Waals surface area contributed by atoms with Gasteiger partial charge >= 0.3 is 5.97 Å². The van der Waals surface area contributed by atoms with Crippen molar-refractivity contribution in [2.45, 2.75) is 32.2 Å². The molecular formula is C11H14ClN5O2. The molecule has 102 valence electrons. The number of carbonyl (C=O) groups is 1. The molecule has 0 radical (unpaired) electrons. The van der Waals surface area contributed by atoms with Crippen molar-refractivity contribution in [3.05, 3.63) is 17.8 Å². The third-order valence-corrected chi connectivity index (χ3v) is 2.90. The highest BCUT2D eigenvalue weighted by molar-refractivity contribution is 6.33. The van der Waals surface area contributed by atoms with Crippen molar-refractivity contribution in [2.75, 3.05) is 0 Å². The second-order valence-corrected chi connectivity index (χ2v) is 4.42. The summed E-state index contributed by atoms with van der Waals surface area (Å²) in [5.41, 5.74) is 6.43. The average Bonchev–Trinajstić information content (AvgIpc) is 2.80. The van der Waals surface area contributed by atoms with Gasteiger partial charge in [0.2, 0.25) is 5.65 Å².